The molecule has 1 N–H and O–H groups in total. The van der Waals surface area contributed by atoms with E-state index in [1.165, 1.54) is 16.7 Å². The molecule has 0 saturated heterocycles. The summed E-state index contributed by atoms with van der Waals surface area (Å²) in [5.41, 5.74) is 5.40. The van der Waals surface area contributed by atoms with Gasteiger partial charge in [-0.3, -0.25) is 0 Å². The van der Waals surface area contributed by atoms with Crippen molar-refractivity contribution in [2.75, 3.05) is 14.1 Å². The van der Waals surface area contributed by atoms with Gasteiger partial charge < -0.3 is 10.0 Å². The van der Waals surface area contributed by atoms with Crippen molar-refractivity contribution in [1.29, 1.82) is 0 Å². The van der Waals surface area contributed by atoms with E-state index in [0.29, 0.717) is 5.75 Å². The largest absolute Gasteiger partial charge is 0.507 e. The third-order valence-electron chi connectivity index (χ3n) is 3.52. The van der Waals surface area contributed by atoms with Crippen molar-refractivity contribution >= 4 is 12.2 Å². The lowest BCUT2D eigenvalue weighted by Crippen LogP contribution is -2.10. The molecule has 0 aromatic heterocycles. The smallest absolute Gasteiger partial charge is 0.125 e. The van der Waals surface area contributed by atoms with Crippen molar-refractivity contribution in [3.63, 3.8) is 0 Å². The van der Waals surface area contributed by atoms with Gasteiger partial charge in [0.15, 0.2) is 0 Å². The first-order valence-corrected chi connectivity index (χ1v) is 7.18. The maximum absolute atomic E-state index is 10.2. The Bertz CT molecular complexity index is 657. The van der Waals surface area contributed by atoms with E-state index in [0.717, 1.165) is 17.7 Å². The second-order valence-corrected chi connectivity index (χ2v) is 5.78. The Labute approximate surface area is 127 Å². The van der Waals surface area contributed by atoms with Gasteiger partial charge in [0.2, 0.25) is 0 Å². The highest BCUT2D eigenvalue weighted by atomic mass is 16.3. The minimum atomic E-state index is 0.363. The number of aryl methyl sites for hydroxylation is 2. The molecule has 110 valence electrons. The van der Waals surface area contributed by atoms with Gasteiger partial charge in [-0.25, -0.2) is 0 Å². The van der Waals surface area contributed by atoms with Crippen LogP contribution in [0.4, 0.5) is 0 Å². The molecule has 0 aliphatic heterocycles. The predicted molar refractivity (Wildman–Crippen MR) is 90.3 cm³/mol. The summed E-state index contributed by atoms with van der Waals surface area (Å²) in [6.07, 6.45) is 4.05. The Balaban J connectivity index is 2.35. The average molecular weight is 281 g/mol. The molecule has 0 spiro atoms. The SMILES string of the molecule is Cc1ccccc1/C=C/c1cc(CN(C)C)cc(C)c1O. The summed E-state index contributed by atoms with van der Waals surface area (Å²) in [6.45, 7) is 4.90. The Morgan fingerprint density at radius 3 is 2.29 bits per heavy atom. The second kappa shape index (κ2) is 6.59. The van der Waals surface area contributed by atoms with Gasteiger partial charge in [-0.05, 0) is 56.3 Å². The summed E-state index contributed by atoms with van der Waals surface area (Å²) in [4.78, 5) is 2.13. The molecule has 2 heteroatoms. The zero-order valence-corrected chi connectivity index (χ0v) is 13.2. The van der Waals surface area contributed by atoms with E-state index >= 15 is 0 Å². The van der Waals surface area contributed by atoms with Gasteiger partial charge >= 0.3 is 0 Å². The number of nitrogens with zero attached hydrogens (tertiary/aromatic N) is 1. The van der Waals surface area contributed by atoms with Gasteiger partial charge in [0.05, 0.1) is 0 Å². The van der Waals surface area contributed by atoms with Gasteiger partial charge in [0.25, 0.3) is 0 Å². The Hall–Kier alpha value is -2.06. The molecule has 0 aliphatic rings. The van der Waals surface area contributed by atoms with Crippen LogP contribution in [0.5, 0.6) is 5.75 Å². The van der Waals surface area contributed by atoms with Crippen LogP contribution in [0.15, 0.2) is 36.4 Å². The molecule has 0 bridgehead atoms. The van der Waals surface area contributed by atoms with E-state index in [4.69, 9.17) is 0 Å². The van der Waals surface area contributed by atoms with Crippen LogP contribution in [0.25, 0.3) is 12.2 Å². The first-order valence-electron chi connectivity index (χ1n) is 7.18. The highest BCUT2D eigenvalue weighted by Gasteiger charge is 2.06. The summed E-state index contributed by atoms with van der Waals surface area (Å²) in [5.74, 6) is 0.363. The number of rotatable bonds is 4. The molecule has 0 atom stereocenters. The fourth-order valence-corrected chi connectivity index (χ4v) is 2.42. The molecule has 0 fully saturated rings. The highest BCUT2D eigenvalue weighted by Crippen LogP contribution is 2.26. The molecule has 2 rings (SSSR count). The van der Waals surface area contributed by atoms with Crippen molar-refractivity contribution in [1.82, 2.24) is 4.90 Å². The topological polar surface area (TPSA) is 23.5 Å². The number of aromatic hydroxyl groups is 1. The van der Waals surface area contributed by atoms with E-state index in [1.54, 1.807) is 0 Å². The van der Waals surface area contributed by atoms with Crippen molar-refractivity contribution in [3.8, 4) is 5.75 Å². The molecular formula is C19H23NO. The van der Waals surface area contributed by atoms with E-state index in [2.05, 4.69) is 36.1 Å². The minimum absolute atomic E-state index is 0.363. The third kappa shape index (κ3) is 3.96. The van der Waals surface area contributed by atoms with Gasteiger partial charge in [-0.1, -0.05) is 42.5 Å². The lowest BCUT2D eigenvalue weighted by atomic mass is 10.0. The quantitative estimate of drug-likeness (QED) is 0.847. The Kier molecular flexibility index (Phi) is 4.81. The Morgan fingerprint density at radius 1 is 0.952 bits per heavy atom. The standard InChI is InChI=1S/C19H23NO/c1-14-7-5-6-8-17(14)9-10-18-12-16(13-20(3)4)11-15(2)19(18)21/h5-12,21H,13H2,1-4H3/b10-9+. The first kappa shape index (κ1) is 15.3. The number of phenolic OH excluding ortho intramolecular Hbond substituents is 1. The van der Waals surface area contributed by atoms with Crippen LogP contribution < -0.4 is 0 Å². The van der Waals surface area contributed by atoms with Gasteiger partial charge in [-0.15, -0.1) is 0 Å². The molecule has 2 nitrogen and oxygen atoms in total. The van der Waals surface area contributed by atoms with E-state index in [-0.39, 0.29) is 0 Å². The fourth-order valence-electron chi connectivity index (χ4n) is 2.42. The lowest BCUT2D eigenvalue weighted by Gasteiger charge is -2.13. The number of phenols is 1. The van der Waals surface area contributed by atoms with Crippen molar-refractivity contribution in [2.45, 2.75) is 20.4 Å². The maximum atomic E-state index is 10.2. The van der Waals surface area contributed by atoms with Gasteiger partial charge in [0.1, 0.15) is 5.75 Å². The molecule has 2 aromatic rings. The third-order valence-corrected chi connectivity index (χ3v) is 3.52. The van der Waals surface area contributed by atoms with Crippen LogP contribution in [0.1, 0.15) is 27.8 Å². The van der Waals surface area contributed by atoms with E-state index < -0.39 is 0 Å². The number of benzene rings is 2. The zero-order chi connectivity index (χ0) is 15.4. The van der Waals surface area contributed by atoms with Gasteiger partial charge in [0, 0.05) is 12.1 Å². The van der Waals surface area contributed by atoms with Crippen LogP contribution in [0.2, 0.25) is 0 Å². The molecule has 0 amide bonds. The second-order valence-electron chi connectivity index (χ2n) is 5.78. The molecule has 0 unspecified atom stereocenters. The molecule has 21 heavy (non-hydrogen) atoms. The molecule has 0 aliphatic carbocycles. The summed E-state index contributed by atoms with van der Waals surface area (Å²) >= 11 is 0. The maximum Gasteiger partial charge on any atom is 0.125 e. The van der Waals surface area contributed by atoms with Crippen molar-refractivity contribution in [2.24, 2.45) is 0 Å². The van der Waals surface area contributed by atoms with Crippen LogP contribution in [0.3, 0.4) is 0 Å². The lowest BCUT2D eigenvalue weighted by molar-refractivity contribution is 0.401. The van der Waals surface area contributed by atoms with Crippen LogP contribution in [-0.4, -0.2) is 24.1 Å². The molecule has 2 aromatic carbocycles. The van der Waals surface area contributed by atoms with E-state index in [1.807, 2.05) is 45.3 Å². The number of hydrogen-bond donors (Lipinski definition) is 1. The summed E-state index contributed by atoms with van der Waals surface area (Å²) < 4.78 is 0. The Morgan fingerprint density at radius 2 is 1.62 bits per heavy atom. The first-order chi connectivity index (χ1) is 9.97. The van der Waals surface area contributed by atoms with Gasteiger partial charge in [-0.2, -0.15) is 0 Å². The highest BCUT2D eigenvalue weighted by molar-refractivity contribution is 5.74. The van der Waals surface area contributed by atoms with E-state index in [9.17, 15) is 5.11 Å². The monoisotopic (exact) mass is 281 g/mol. The van der Waals surface area contributed by atoms with Crippen LogP contribution >= 0.6 is 0 Å². The molecule has 0 radical (unpaired) electrons. The summed E-state index contributed by atoms with van der Waals surface area (Å²) in [6, 6.07) is 12.3. The van der Waals surface area contributed by atoms with Crippen molar-refractivity contribution < 1.29 is 5.11 Å². The van der Waals surface area contributed by atoms with Crippen LogP contribution in [-0.2, 0) is 6.54 Å². The van der Waals surface area contributed by atoms with Crippen LogP contribution in [0, 0.1) is 13.8 Å². The molecular weight excluding hydrogens is 258 g/mol. The normalized spacial score (nSPS) is 11.5. The average Bonchev–Trinajstić information content (AvgIpc) is 2.42. The fraction of sp³-hybridized carbons (Fsp3) is 0.263. The summed E-state index contributed by atoms with van der Waals surface area (Å²) in [7, 11) is 4.09. The zero-order valence-electron chi connectivity index (χ0n) is 13.2. The van der Waals surface area contributed by atoms with Crippen molar-refractivity contribution in [3.05, 3.63) is 64.2 Å². The molecule has 0 heterocycles. The number of hydrogen-bond acceptors (Lipinski definition) is 2. The predicted octanol–water partition coefficient (Wildman–Crippen LogP) is 4.24. The summed E-state index contributed by atoms with van der Waals surface area (Å²) in [5, 5.41) is 10.2. The minimum Gasteiger partial charge on any atom is -0.507 e. The molecule has 0 saturated carbocycles.